The molecule has 1 aliphatic carbocycles. The highest BCUT2D eigenvalue weighted by molar-refractivity contribution is 6.11. The van der Waals surface area contributed by atoms with Crippen LogP contribution in [-0.2, 0) is 10.3 Å². The summed E-state index contributed by atoms with van der Waals surface area (Å²) in [4.78, 5) is 15.8. The lowest BCUT2D eigenvalue weighted by atomic mass is 9.76. The van der Waals surface area contributed by atoms with E-state index >= 15 is 0 Å². The van der Waals surface area contributed by atoms with Crippen LogP contribution in [-0.4, -0.2) is 17.3 Å². The predicted molar refractivity (Wildman–Crippen MR) is 100 cm³/mol. The number of amides is 1. The number of carbonyl (C=O) groups is 1. The third-order valence-electron chi connectivity index (χ3n) is 4.70. The first kappa shape index (κ1) is 18.9. The second kappa shape index (κ2) is 8.62. The van der Waals surface area contributed by atoms with Crippen LogP contribution in [0.3, 0.4) is 0 Å². The van der Waals surface area contributed by atoms with Crippen molar-refractivity contribution in [3.05, 3.63) is 59.4 Å². The number of aliphatic imine (C=N–C) groups is 1. The van der Waals surface area contributed by atoms with Crippen molar-refractivity contribution < 1.29 is 10.0 Å². The maximum Gasteiger partial charge on any atom is 0.275 e. The summed E-state index contributed by atoms with van der Waals surface area (Å²) in [6.07, 6.45) is 8.60. The fourth-order valence-corrected chi connectivity index (χ4v) is 3.37. The number of nitrogens with one attached hydrogen (secondary N) is 2. The fraction of sp³-hybridized carbons (Fsp3) is 0.400. The number of hydroxylamine groups is 1. The highest BCUT2D eigenvalue weighted by Crippen LogP contribution is 2.38. The van der Waals surface area contributed by atoms with E-state index in [0.717, 1.165) is 25.7 Å². The maximum atomic E-state index is 11.5. The molecule has 2 rings (SSSR count). The Bertz CT molecular complexity index is 686. The molecule has 0 unspecified atom stereocenters. The molecular weight excluding hydrogens is 314 g/mol. The second-order valence-corrected chi connectivity index (χ2v) is 6.53. The molecule has 1 amide bonds. The second-order valence-electron chi connectivity index (χ2n) is 6.53. The summed E-state index contributed by atoms with van der Waals surface area (Å²) >= 11 is 0. The van der Waals surface area contributed by atoms with E-state index in [-0.39, 0.29) is 11.1 Å². The smallest absolute Gasteiger partial charge is 0.275 e. The first-order chi connectivity index (χ1) is 12.0. The zero-order valence-corrected chi connectivity index (χ0v) is 15.0. The van der Waals surface area contributed by atoms with E-state index < -0.39 is 5.91 Å². The summed E-state index contributed by atoms with van der Waals surface area (Å²) in [5, 5.41) is 12.2. The van der Waals surface area contributed by atoms with E-state index in [2.05, 4.69) is 48.1 Å². The Kier molecular flexibility index (Phi) is 6.53. The molecule has 3 N–H and O–H groups in total. The van der Waals surface area contributed by atoms with Crippen molar-refractivity contribution in [2.24, 2.45) is 4.99 Å². The van der Waals surface area contributed by atoms with Gasteiger partial charge in [0.25, 0.3) is 5.91 Å². The van der Waals surface area contributed by atoms with Gasteiger partial charge in [-0.2, -0.15) is 0 Å². The van der Waals surface area contributed by atoms with E-state index in [9.17, 15) is 4.79 Å². The van der Waals surface area contributed by atoms with Crippen molar-refractivity contribution in [2.45, 2.75) is 51.5 Å². The van der Waals surface area contributed by atoms with Crippen molar-refractivity contribution >= 4 is 12.1 Å². The standard InChI is InChI=1S/C20H27N3O2/c1-4-17(19(24)23-25)14-21-16(3)22-20(11-6-5-7-12-20)18-10-8-9-15(2)13-18/h4,8-10,13-14,22,25H,3,5-7,11-12H2,1-2H3,(H,23,24)/b17-4+,21-14-. The molecule has 0 heterocycles. The molecule has 0 spiro atoms. The highest BCUT2D eigenvalue weighted by atomic mass is 16.5. The van der Waals surface area contributed by atoms with Crippen molar-refractivity contribution in [1.82, 2.24) is 10.8 Å². The van der Waals surface area contributed by atoms with E-state index in [1.165, 1.54) is 23.8 Å². The average molecular weight is 341 g/mol. The van der Waals surface area contributed by atoms with Crippen LogP contribution in [0.5, 0.6) is 0 Å². The first-order valence-corrected chi connectivity index (χ1v) is 8.70. The summed E-state index contributed by atoms with van der Waals surface area (Å²) in [7, 11) is 0. The van der Waals surface area contributed by atoms with Crippen LogP contribution >= 0.6 is 0 Å². The van der Waals surface area contributed by atoms with Crippen LogP contribution in [0.1, 0.15) is 50.2 Å². The molecule has 0 radical (unpaired) electrons. The third-order valence-corrected chi connectivity index (χ3v) is 4.70. The minimum absolute atomic E-state index is 0.173. The van der Waals surface area contributed by atoms with Gasteiger partial charge < -0.3 is 5.32 Å². The summed E-state index contributed by atoms with van der Waals surface area (Å²) in [6.45, 7) is 7.81. The largest absolute Gasteiger partial charge is 0.361 e. The molecule has 1 fully saturated rings. The molecular formula is C20H27N3O2. The van der Waals surface area contributed by atoms with Crippen LogP contribution in [0.15, 0.2) is 53.3 Å². The Labute approximate surface area is 149 Å². The number of hydrogen-bond acceptors (Lipinski definition) is 4. The van der Waals surface area contributed by atoms with E-state index in [4.69, 9.17) is 5.21 Å². The molecule has 1 aliphatic rings. The van der Waals surface area contributed by atoms with Crippen molar-refractivity contribution in [3.8, 4) is 0 Å². The molecule has 25 heavy (non-hydrogen) atoms. The third kappa shape index (κ3) is 4.79. The first-order valence-electron chi connectivity index (χ1n) is 8.70. The van der Waals surface area contributed by atoms with Gasteiger partial charge in [0.1, 0.15) is 5.82 Å². The molecule has 0 aliphatic heterocycles. The molecule has 134 valence electrons. The van der Waals surface area contributed by atoms with Crippen molar-refractivity contribution in [3.63, 3.8) is 0 Å². The Morgan fingerprint density at radius 3 is 2.64 bits per heavy atom. The highest BCUT2D eigenvalue weighted by Gasteiger charge is 2.34. The molecule has 1 saturated carbocycles. The number of benzene rings is 1. The van der Waals surface area contributed by atoms with Crippen LogP contribution in [0.2, 0.25) is 0 Å². The molecule has 1 aromatic rings. The number of carbonyl (C=O) groups excluding carboxylic acids is 1. The monoisotopic (exact) mass is 341 g/mol. The van der Waals surface area contributed by atoms with Gasteiger partial charge in [-0.05, 0) is 32.3 Å². The van der Waals surface area contributed by atoms with Crippen molar-refractivity contribution in [1.29, 1.82) is 0 Å². The number of hydrogen-bond donors (Lipinski definition) is 3. The van der Waals surface area contributed by atoms with Crippen LogP contribution in [0, 0.1) is 6.92 Å². The summed E-state index contributed by atoms with van der Waals surface area (Å²) < 4.78 is 0. The van der Waals surface area contributed by atoms with Gasteiger partial charge in [0, 0.05) is 6.21 Å². The van der Waals surface area contributed by atoms with Gasteiger partial charge >= 0.3 is 0 Å². The molecule has 0 saturated heterocycles. The molecule has 1 aromatic carbocycles. The zero-order valence-electron chi connectivity index (χ0n) is 15.0. The van der Waals surface area contributed by atoms with Gasteiger partial charge in [0.15, 0.2) is 0 Å². The Morgan fingerprint density at radius 2 is 2.04 bits per heavy atom. The molecule has 5 heteroatoms. The summed E-state index contributed by atoms with van der Waals surface area (Å²) in [5.41, 5.74) is 4.20. The normalized spacial score (nSPS) is 17.3. The van der Waals surface area contributed by atoms with Crippen LogP contribution in [0.25, 0.3) is 0 Å². The topological polar surface area (TPSA) is 73.7 Å². The Morgan fingerprint density at radius 1 is 1.32 bits per heavy atom. The lowest BCUT2D eigenvalue weighted by molar-refractivity contribution is -0.124. The lowest BCUT2D eigenvalue weighted by Gasteiger charge is -2.39. The molecule has 0 aromatic heterocycles. The number of aryl methyl sites for hydroxylation is 1. The molecule has 0 atom stereocenters. The van der Waals surface area contributed by atoms with Gasteiger partial charge in [0.05, 0.1) is 11.1 Å². The summed E-state index contributed by atoms with van der Waals surface area (Å²) in [5.74, 6) is -0.0846. The van der Waals surface area contributed by atoms with Gasteiger partial charge in [0.2, 0.25) is 0 Å². The average Bonchev–Trinajstić information content (AvgIpc) is 2.62. The van der Waals surface area contributed by atoms with E-state index in [1.807, 2.05) is 0 Å². The molecule has 5 nitrogen and oxygen atoms in total. The van der Waals surface area contributed by atoms with E-state index in [1.54, 1.807) is 18.5 Å². The van der Waals surface area contributed by atoms with Gasteiger partial charge in [-0.3, -0.25) is 10.0 Å². The van der Waals surface area contributed by atoms with Crippen LogP contribution in [0.4, 0.5) is 0 Å². The van der Waals surface area contributed by atoms with Crippen molar-refractivity contribution in [2.75, 3.05) is 0 Å². The minimum atomic E-state index is -0.592. The lowest BCUT2D eigenvalue weighted by Crippen LogP contribution is -2.43. The number of rotatable bonds is 6. The fourth-order valence-electron chi connectivity index (χ4n) is 3.37. The maximum absolute atomic E-state index is 11.5. The van der Waals surface area contributed by atoms with E-state index in [0.29, 0.717) is 5.82 Å². The number of nitrogens with zero attached hydrogens (tertiary/aromatic N) is 1. The SMILES string of the molecule is C=C(/N=C\C(=C/C)C(=O)NO)NC1(c2cccc(C)c2)CCCCC1. The predicted octanol–water partition coefficient (Wildman–Crippen LogP) is 3.74. The number of allylic oxidation sites excluding steroid dienone is 1. The van der Waals surface area contributed by atoms with Crippen LogP contribution < -0.4 is 10.8 Å². The van der Waals surface area contributed by atoms with Gasteiger partial charge in [-0.15, -0.1) is 0 Å². The zero-order chi connectivity index (χ0) is 18.3. The van der Waals surface area contributed by atoms with Gasteiger partial charge in [-0.25, -0.2) is 10.5 Å². The van der Waals surface area contributed by atoms with Gasteiger partial charge in [-0.1, -0.05) is 61.7 Å². The molecule has 0 bridgehead atoms. The Hall–Kier alpha value is -2.40. The minimum Gasteiger partial charge on any atom is -0.361 e. The Balaban J connectivity index is 2.20. The summed E-state index contributed by atoms with van der Waals surface area (Å²) in [6, 6.07) is 8.54. The quantitative estimate of drug-likeness (QED) is 0.319.